The average Bonchev–Trinajstić information content (AvgIpc) is 2.65. The maximum atomic E-state index is 13.0. The predicted octanol–water partition coefficient (Wildman–Crippen LogP) is 2.73. The minimum atomic E-state index is -0.617. The van der Waals surface area contributed by atoms with E-state index in [1.54, 1.807) is 17.0 Å². The van der Waals surface area contributed by atoms with Gasteiger partial charge in [-0.25, -0.2) is 4.39 Å². The zero-order valence-electron chi connectivity index (χ0n) is 15.0. The van der Waals surface area contributed by atoms with Gasteiger partial charge >= 0.3 is 11.8 Å². The van der Waals surface area contributed by atoms with E-state index >= 15 is 0 Å². The largest absolute Gasteiger partial charge is 0.368 e. The summed E-state index contributed by atoms with van der Waals surface area (Å²) in [7, 11) is 0. The fraction of sp³-hybridized carbons (Fsp3) is 0.300. The second-order valence-corrected chi connectivity index (χ2v) is 6.53. The van der Waals surface area contributed by atoms with Crippen LogP contribution in [0.1, 0.15) is 11.1 Å². The first-order valence-electron chi connectivity index (χ1n) is 8.62. The van der Waals surface area contributed by atoms with Crippen molar-refractivity contribution >= 4 is 23.2 Å². The van der Waals surface area contributed by atoms with Gasteiger partial charge in [0, 0.05) is 37.6 Å². The zero-order chi connectivity index (χ0) is 18.7. The smallest absolute Gasteiger partial charge is 0.313 e. The lowest BCUT2D eigenvalue weighted by atomic mass is 10.1. The molecule has 5 nitrogen and oxygen atoms in total. The van der Waals surface area contributed by atoms with Crippen LogP contribution in [-0.4, -0.2) is 42.9 Å². The van der Waals surface area contributed by atoms with Crippen molar-refractivity contribution in [1.82, 2.24) is 4.90 Å². The first-order chi connectivity index (χ1) is 12.4. The molecule has 136 valence electrons. The number of carbonyl (C=O) groups is 2. The van der Waals surface area contributed by atoms with Gasteiger partial charge in [0.25, 0.3) is 0 Å². The van der Waals surface area contributed by atoms with Crippen LogP contribution in [0.3, 0.4) is 0 Å². The molecule has 1 fully saturated rings. The molecular formula is C20H22FN3O2. The molecule has 1 aliphatic heterocycles. The maximum absolute atomic E-state index is 13.0. The molecule has 1 saturated heterocycles. The summed E-state index contributed by atoms with van der Waals surface area (Å²) in [5, 5.41) is 2.71. The van der Waals surface area contributed by atoms with Crippen LogP contribution < -0.4 is 10.2 Å². The van der Waals surface area contributed by atoms with Gasteiger partial charge in [-0.15, -0.1) is 0 Å². The first kappa shape index (κ1) is 17.9. The van der Waals surface area contributed by atoms with E-state index in [0.29, 0.717) is 31.9 Å². The maximum Gasteiger partial charge on any atom is 0.313 e. The summed E-state index contributed by atoms with van der Waals surface area (Å²) in [5.41, 5.74) is 3.51. The Morgan fingerprint density at radius 2 is 1.62 bits per heavy atom. The van der Waals surface area contributed by atoms with Gasteiger partial charge in [-0.05, 0) is 55.3 Å². The van der Waals surface area contributed by atoms with E-state index in [0.717, 1.165) is 16.8 Å². The monoisotopic (exact) mass is 355 g/mol. The Labute approximate surface area is 152 Å². The van der Waals surface area contributed by atoms with Crippen molar-refractivity contribution in [3.8, 4) is 0 Å². The number of halogens is 1. The molecule has 2 aromatic carbocycles. The van der Waals surface area contributed by atoms with Gasteiger partial charge in [-0.3, -0.25) is 9.59 Å². The van der Waals surface area contributed by atoms with Crippen LogP contribution >= 0.6 is 0 Å². The van der Waals surface area contributed by atoms with Crippen molar-refractivity contribution < 1.29 is 14.0 Å². The normalized spacial score (nSPS) is 14.3. The number of benzene rings is 2. The number of amides is 2. The quantitative estimate of drug-likeness (QED) is 0.843. The third kappa shape index (κ3) is 4.02. The van der Waals surface area contributed by atoms with Gasteiger partial charge in [0.2, 0.25) is 0 Å². The predicted molar refractivity (Wildman–Crippen MR) is 99.7 cm³/mol. The van der Waals surface area contributed by atoms with Crippen molar-refractivity contribution in [2.45, 2.75) is 13.8 Å². The van der Waals surface area contributed by atoms with E-state index in [2.05, 4.69) is 10.2 Å². The number of piperazine rings is 1. The Balaban J connectivity index is 1.58. The number of aryl methyl sites for hydroxylation is 2. The van der Waals surface area contributed by atoms with Crippen molar-refractivity contribution in [3.05, 3.63) is 59.4 Å². The molecule has 26 heavy (non-hydrogen) atoms. The molecule has 3 rings (SSSR count). The fourth-order valence-electron chi connectivity index (χ4n) is 3.01. The van der Waals surface area contributed by atoms with Gasteiger partial charge in [0.15, 0.2) is 0 Å². The lowest BCUT2D eigenvalue weighted by molar-refractivity contribution is -0.143. The summed E-state index contributed by atoms with van der Waals surface area (Å²) in [6.45, 7) is 5.95. The van der Waals surface area contributed by atoms with E-state index in [4.69, 9.17) is 0 Å². The number of hydrogen-bond donors (Lipinski definition) is 1. The standard InChI is InChI=1S/C20H22FN3O2/c1-14-3-4-15(2)18(13-14)22-19(25)20(26)24-11-9-23(10-12-24)17-7-5-16(21)6-8-17/h3-8,13H,9-12H2,1-2H3,(H,22,25). The molecule has 0 spiro atoms. The Bertz CT molecular complexity index is 812. The second kappa shape index (κ2) is 7.56. The number of anilines is 2. The molecule has 1 heterocycles. The highest BCUT2D eigenvalue weighted by molar-refractivity contribution is 6.39. The molecule has 0 aromatic heterocycles. The summed E-state index contributed by atoms with van der Waals surface area (Å²) in [5.74, 6) is -1.41. The Morgan fingerprint density at radius 1 is 0.962 bits per heavy atom. The van der Waals surface area contributed by atoms with Crippen molar-refractivity contribution in [1.29, 1.82) is 0 Å². The summed E-state index contributed by atoms with van der Waals surface area (Å²) >= 11 is 0. The topological polar surface area (TPSA) is 52.7 Å². The number of nitrogens with one attached hydrogen (secondary N) is 1. The van der Waals surface area contributed by atoms with Gasteiger partial charge in [-0.1, -0.05) is 12.1 Å². The number of carbonyl (C=O) groups excluding carboxylic acids is 2. The number of nitrogens with zero attached hydrogens (tertiary/aromatic N) is 2. The minimum absolute atomic E-state index is 0.273. The van der Waals surface area contributed by atoms with Crippen LogP contribution in [0, 0.1) is 19.7 Å². The SMILES string of the molecule is Cc1ccc(C)c(NC(=O)C(=O)N2CCN(c3ccc(F)cc3)CC2)c1. The van der Waals surface area contributed by atoms with Crippen LogP contribution in [0.25, 0.3) is 0 Å². The number of hydrogen-bond acceptors (Lipinski definition) is 3. The van der Waals surface area contributed by atoms with Crippen LogP contribution in [0.2, 0.25) is 0 Å². The molecule has 0 aliphatic carbocycles. The van der Waals surface area contributed by atoms with Crippen molar-refractivity contribution in [3.63, 3.8) is 0 Å². The van der Waals surface area contributed by atoms with E-state index in [9.17, 15) is 14.0 Å². The van der Waals surface area contributed by atoms with Gasteiger partial charge < -0.3 is 15.1 Å². The van der Waals surface area contributed by atoms with Gasteiger partial charge in [0.05, 0.1) is 0 Å². The van der Waals surface area contributed by atoms with E-state index < -0.39 is 11.8 Å². The Hall–Kier alpha value is -2.89. The molecule has 2 amide bonds. The molecule has 0 unspecified atom stereocenters. The number of rotatable bonds is 2. The third-order valence-corrected chi connectivity index (χ3v) is 4.59. The molecule has 0 bridgehead atoms. The molecule has 0 atom stereocenters. The van der Waals surface area contributed by atoms with Gasteiger partial charge in [0.1, 0.15) is 5.82 Å². The van der Waals surface area contributed by atoms with Crippen molar-refractivity contribution in [2.24, 2.45) is 0 Å². The van der Waals surface area contributed by atoms with E-state index in [1.807, 2.05) is 32.0 Å². The van der Waals surface area contributed by atoms with Crippen LogP contribution in [0.5, 0.6) is 0 Å². The summed E-state index contributed by atoms with van der Waals surface area (Å²) in [6.07, 6.45) is 0. The lowest BCUT2D eigenvalue weighted by Gasteiger charge is -2.35. The Morgan fingerprint density at radius 3 is 2.27 bits per heavy atom. The zero-order valence-corrected chi connectivity index (χ0v) is 15.0. The summed E-state index contributed by atoms with van der Waals surface area (Å²) in [4.78, 5) is 28.4. The van der Waals surface area contributed by atoms with E-state index in [1.165, 1.54) is 12.1 Å². The molecule has 1 N–H and O–H groups in total. The highest BCUT2D eigenvalue weighted by Crippen LogP contribution is 2.18. The molecule has 1 aliphatic rings. The lowest BCUT2D eigenvalue weighted by Crippen LogP contribution is -2.51. The second-order valence-electron chi connectivity index (χ2n) is 6.53. The fourth-order valence-corrected chi connectivity index (χ4v) is 3.01. The molecule has 0 saturated carbocycles. The van der Waals surface area contributed by atoms with E-state index in [-0.39, 0.29) is 5.82 Å². The molecular weight excluding hydrogens is 333 g/mol. The molecule has 6 heteroatoms. The highest BCUT2D eigenvalue weighted by atomic mass is 19.1. The van der Waals surface area contributed by atoms with Gasteiger partial charge in [-0.2, -0.15) is 0 Å². The van der Waals surface area contributed by atoms with Crippen LogP contribution in [-0.2, 0) is 9.59 Å². The molecule has 0 radical (unpaired) electrons. The Kier molecular flexibility index (Phi) is 5.21. The van der Waals surface area contributed by atoms with Crippen molar-refractivity contribution in [2.75, 3.05) is 36.4 Å². The molecule has 2 aromatic rings. The van der Waals surface area contributed by atoms with Crippen LogP contribution in [0.4, 0.5) is 15.8 Å². The minimum Gasteiger partial charge on any atom is -0.368 e. The third-order valence-electron chi connectivity index (χ3n) is 4.59. The van der Waals surface area contributed by atoms with Crippen LogP contribution in [0.15, 0.2) is 42.5 Å². The highest BCUT2D eigenvalue weighted by Gasteiger charge is 2.26. The first-order valence-corrected chi connectivity index (χ1v) is 8.62. The summed E-state index contributed by atoms with van der Waals surface area (Å²) in [6, 6.07) is 12.0. The average molecular weight is 355 g/mol. The summed E-state index contributed by atoms with van der Waals surface area (Å²) < 4.78 is 13.0.